The van der Waals surface area contributed by atoms with Crippen LogP contribution < -0.4 is 5.56 Å². The second-order valence-corrected chi connectivity index (χ2v) is 8.00. The summed E-state index contributed by atoms with van der Waals surface area (Å²) in [6.07, 6.45) is 3.53. The Bertz CT molecular complexity index is 1340. The minimum Gasteiger partial charge on any atom is -0.337 e. The molecule has 1 aromatic carbocycles. The molecule has 0 spiro atoms. The number of aromatic nitrogens is 6. The van der Waals surface area contributed by atoms with Crippen LogP contribution in [0.2, 0.25) is 0 Å². The summed E-state index contributed by atoms with van der Waals surface area (Å²) in [7, 11) is 0. The van der Waals surface area contributed by atoms with Gasteiger partial charge in [-0.1, -0.05) is 11.2 Å². The first kappa shape index (κ1) is 17.8. The monoisotopic (exact) mass is 422 g/mol. The molecule has 5 aromatic rings. The molecule has 4 heterocycles. The highest BCUT2D eigenvalue weighted by Gasteiger charge is 2.14. The highest BCUT2D eigenvalue weighted by Crippen LogP contribution is 2.23. The highest BCUT2D eigenvalue weighted by atomic mass is 32.2. The molecular formula is C19H14N6O2S2. The third kappa shape index (κ3) is 3.36. The van der Waals surface area contributed by atoms with Crippen molar-refractivity contribution in [2.24, 2.45) is 0 Å². The van der Waals surface area contributed by atoms with E-state index in [1.54, 1.807) is 29.2 Å². The summed E-state index contributed by atoms with van der Waals surface area (Å²) in [4.78, 5) is 19.4. The van der Waals surface area contributed by atoms with Gasteiger partial charge in [0.2, 0.25) is 11.7 Å². The van der Waals surface area contributed by atoms with Crippen LogP contribution in [0.3, 0.4) is 0 Å². The lowest BCUT2D eigenvalue weighted by molar-refractivity contribution is 0.362. The smallest absolute Gasteiger partial charge is 0.293 e. The van der Waals surface area contributed by atoms with Crippen molar-refractivity contribution in [1.82, 2.24) is 29.5 Å². The van der Waals surface area contributed by atoms with Crippen molar-refractivity contribution in [1.29, 1.82) is 0 Å². The number of benzene rings is 1. The van der Waals surface area contributed by atoms with Crippen molar-refractivity contribution < 1.29 is 4.52 Å². The van der Waals surface area contributed by atoms with Crippen LogP contribution >= 0.6 is 23.1 Å². The van der Waals surface area contributed by atoms with E-state index in [0.717, 1.165) is 21.0 Å². The van der Waals surface area contributed by atoms with Crippen molar-refractivity contribution >= 4 is 28.6 Å². The minimum atomic E-state index is -0.271. The third-order valence-corrected chi connectivity index (χ3v) is 6.00. The fourth-order valence-electron chi connectivity index (χ4n) is 2.90. The molecule has 0 bridgehead atoms. The molecule has 0 aliphatic heterocycles. The Morgan fingerprint density at radius 3 is 2.83 bits per heavy atom. The van der Waals surface area contributed by atoms with Crippen LogP contribution in [-0.2, 0) is 6.54 Å². The summed E-state index contributed by atoms with van der Waals surface area (Å²) in [6, 6.07) is 13.6. The maximum atomic E-state index is 12.8. The van der Waals surface area contributed by atoms with E-state index in [9.17, 15) is 4.79 Å². The number of thioether (sulfide) groups is 1. The van der Waals surface area contributed by atoms with Crippen LogP contribution in [0.1, 0.15) is 5.89 Å². The van der Waals surface area contributed by atoms with Gasteiger partial charge in [0.25, 0.3) is 5.56 Å². The van der Waals surface area contributed by atoms with Gasteiger partial charge in [-0.25, -0.2) is 9.20 Å². The molecule has 0 aliphatic rings. The Kier molecular flexibility index (Phi) is 4.49. The number of fused-ring (bicyclic) bond motifs is 1. The van der Waals surface area contributed by atoms with Gasteiger partial charge in [-0.3, -0.25) is 4.79 Å². The number of hydrogen-bond donors (Lipinski definition) is 0. The largest absolute Gasteiger partial charge is 0.337 e. The maximum absolute atomic E-state index is 12.8. The quantitative estimate of drug-likeness (QED) is 0.401. The number of thiophene rings is 1. The second kappa shape index (κ2) is 7.30. The molecule has 0 atom stereocenters. The van der Waals surface area contributed by atoms with Gasteiger partial charge >= 0.3 is 0 Å². The first-order valence-corrected chi connectivity index (χ1v) is 10.8. The summed E-state index contributed by atoms with van der Waals surface area (Å²) in [5, 5.41) is 14.6. The Balaban J connectivity index is 1.43. The molecule has 0 fully saturated rings. The molecule has 10 heteroatoms. The fraction of sp³-hybridized carbons (Fsp3) is 0.105. The zero-order valence-electron chi connectivity index (χ0n) is 15.2. The fourth-order valence-corrected chi connectivity index (χ4v) is 3.99. The lowest BCUT2D eigenvalue weighted by Crippen LogP contribution is -2.25. The Morgan fingerprint density at radius 2 is 2.07 bits per heavy atom. The molecule has 4 aromatic heterocycles. The summed E-state index contributed by atoms with van der Waals surface area (Å²) in [6.45, 7) is 0.0880. The average Bonchev–Trinajstić information content (AvgIpc) is 3.50. The van der Waals surface area contributed by atoms with Crippen molar-refractivity contribution in [2.75, 3.05) is 6.26 Å². The maximum Gasteiger partial charge on any atom is 0.293 e. The van der Waals surface area contributed by atoms with E-state index in [0.29, 0.717) is 17.2 Å². The molecule has 5 rings (SSSR count). The third-order valence-electron chi connectivity index (χ3n) is 4.36. The van der Waals surface area contributed by atoms with E-state index in [-0.39, 0.29) is 12.1 Å². The summed E-state index contributed by atoms with van der Waals surface area (Å²) in [5.41, 5.74) is 1.76. The predicted octanol–water partition coefficient (Wildman–Crippen LogP) is 3.44. The van der Waals surface area contributed by atoms with Gasteiger partial charge in [0.05, 0.1) is 4.88 Å². The molecule has 0 radical (unpaired) electrons. The van der Waals surface area contributed by atoms with E-state index in [1.807, 2.05) is 48.0 Å². The van der Waals surface area contributed by atoms with Gasteiger partial charge < -0.3 is 4.52 Å². The van der Waals surface area contributed by atoms with Crippen molar-refractivity contribution in [3.8, 4) is 22.0 Å². The van der Waals surface area contributed by atoms with E-state index in [4.69, 9.17) is 4.52 Å². The Morgan fingerprint density at radius 1 is 1.21 bits per heavy atom. The van der Waals surface area contributed by atoms with Crippen molar-refractivity contribution in [3.05, 3.63) is 70.4 Å². The van der Waals surface area contributed by atoms with Gasteiger partial charge in [-0.2, -0.15) is 15.2 Å². The van der Waals surface area contributed by atoms with E-state index in [1.165, 1.54) is 15.5 Å². The lowest BCUT2D eigenvalue weighted by Gasteiger charge is -2.00. The SMILES string of the molecule is CSc1ccc(-c2noc(Cn3ncn4nc(-c5cccs5)cc4c3=O)n2)cc1. The summed E-state index contributed by atoms with van der Waals surface area (Å²) < 4.78 is 8.11. The Labute approximate surface area is 172 Å². The van der Waals surface area contributed by atoms with Crippen LogP contribution in [0.4, 0.5) is 0 Å². The first-order valence-electron chi connectivity index (χ1n) is 8.67. The van der Waals surface area contributed by atoms with Gasteiger partial charge in [-0.15, -0.1) is 23.1 Å². The molecule has 0 saturated carbocycles. The van der Waals surface area contributed by atoms with E-state index >= 15 is 0 Å². The first-order chi connectivity index (χ1) is 14.2. The van der Waals surface area contributed by atoms with Crippen LogP contribution in [-0.4, -0.2) is 35.8 Å². The molecule has 29 heavy (non-hydrogen) atoms. The molecule has 8 nitrogen and oxygen atoms in total. The molecule has 0 saturated heterocycles. The molecule has 0 unspecified atom stereocenters. The van der Waals surface area contributed by atoms with Crippen molar-refractivity contribution in [3.63, 3.8) is 0 Å². The van der Waals surface area contributed by atoms with Gasteiger partial charge in [0.15, 0.2) is 0 Å². The van der Waals surface area contributed by atoms with Crippen molar-refractivity contribution in [2.45, 2.75) is 11.4 Å². The number of nitrogens with zero attached hydrogens (tertiary/aromatic N) is 6. The lowest BCUT2D eigenvalue weighted by atomic mass is 10.2. The number of hydrogen-bond acceptors (Lipinski definition) is 8. The van der Waals surface area contributed by atoms with Crippen LogP contribution in [0.5, 0.6) is 0 Å². The van der Waals surface area contributed by atoms with Gasteiger partial charge in [0, 0.05) is 10.5 Å². The van der Waals surface area contributed by atoms with Crippen LogP contribution in [0.25, 0.3) is 27.5 Å². The molecular weight excluding hydrogens is 408 g/mol. The average molecular weight is 422 g/mol. The van der Waals surface area contributed by atoms with E-state index < -0.39 is 0 Å². The topological polar surface area (TPSA) is 91.1 Å². The minimum absolute atomic E-state index is 0.0880. The second-order valence-electron chi connectivity index (χ2n) is 6.17. The summed E-state index contributed by atoms with van der Waals surface area (Å²) in [5.74, 6) is 0.789. The van der Waals surface area contributed by atoms with Gasteiger partial charge in [0.1, 0.15) is 24.1 Å². The van der Waals surface area contributed by atoms with Crippen LogP contribution in [0, 0.1) is 0 Å². The predicted molar refractivity (Wildman–Crippen MR) is 111 cm³/mol. The van der Waals surface area contributed by atoms with Crippen LogP contribution in [0.15, 0.2) is 68.4 Å². The summed E-state index contributed by atoms with van der Waals surface area (Å²) >= 11 is 3.23. The molecule has 0 N–H and O–H groups in total. The zero-order valence-corrected chi connectivity index (χ0v) is 16.9. The highest BCUT2D eigenvalue weighted by molar-refractivity contribution is 7.98. The Hall–Kier alpha value is -3.24. The number of rotatable bonds is 5. The zero-order chi connectivity index (χ0) is 19.8. The van der Waals surface area contributed by atoms with Gasteiger partial charge in [-0.05, 0) is 48.0 Å². The van der Waals surface area contributed by atoms with E-state index in [2.05, 4.69) is 20.3 Å². The molecule has 144 valence electrons. The normalized spacial score (nSPS) is 11.3. The standard InChI is InChI=1S/C19H14N6O2S2/c1-28-13-6-4-12(5-7-13)18-21-17(27-23-18)10-24-19(26)15-9-14(16-3-2-8-29-16)22-25(15)11-20-24/h2-9,11H,10H2,1H3. The molecule has 0 amide bonds. The molecule has 0 aliphatic carbocycles.